The molecule has 0 saturated carbocycles. The van der Waals surface area contributed by atoms with Gasteiger partial charge in [0.25, 0.3) is 5.91 Å². The highest BCUT2D eigenvalue weighted by molar-refractivity contribution is 7.90. The summed E-state index contributed by atoms with van der Waals surface area (Å²) in [4.78, 5) is 15.2. The zero-order chi connectivity index (χ0) is 21.0. The summed E-state index contributed by atoms with van der Waals surface area (Å²) in [5.74, 6) is -0.382. The Kier molecular flexibility index (Phi) is 5.90. The molecule has 1 fully saturated rings. The lowest BCUT2D eigenvalue weighted by molar-refractivity contribution is 0.0995. The molecule has 7 heteroatoms. The second kappa shape index (κ2) is 8.75. The van der Waals surface area contributed by atoms with Crippen LogP contribution in [0.15, 0.2) is 76.0 Å². The Morgan fingerprint density at radius 1 is 0.900 bits per heavy atom. The number of sulfone groups is 1. The summed E-state index contributed by atoms with van der Waals surface area (Å²) < 4.78 is 30.6. The predicted molar refractivity (Wildman–Crippen MR) is 116 cm³/mol. The molecule has 0 bridgehead atoms. The molecule has 1 amide bonds. The first-order valence-corrected chi connectivity index (χ1v) is 11.7. The van der Waals surface area contributed by atoms with Crippen LogP contribution in [0.2, 0.25) is 0 Å². The Labute approximate surface area is 176 Å². The average Bonchev–Trinajstić information content (AvgIpc) is 3.23. The fourth-order valence-electron chi connectivity index (χ4n) is 3.65. The maximum Gasteiger partial charge on any atom is 0.291 e. The minimum Gasteiger partial charge on any atom is -0.455 e. The molecule has 1 aromatic heterocycles. The molecule has 6 nitrogen and oxygen atoms in total. The summed E-state index contributed by atoms with van der Waals surface area (Å²) in [6.07, 6.45) is 3.51. The van der Waals surface area contributed by atoms with Gasteiger partial charge in [-0.15, -0.1) is 0 Å². The predicted octanol–water partition coefficient (Wildman–Crippen LogP) is 4.50. The molecule has 1 N–H and O–H groups in total. The molecule has 1 aliphatic rings. The van der Waals surface area contributed by atoms with Crippen LogP contribution >= 0.6 is 0 Å². The monoisotopic (exact) mass is 424 g/mol. The molecule has 0 atom stereocenters. The highest BCUT2D eigenvalue weighted by atomic mass is 32.2. The zero-order valence-corrected chi connectivity index (χ0v) is 17.4. The number of benzene rings is 2. The van der Waals surface area contributed by atoms with Gasteiger partial charge in [-0.1, -0.05) is 30.3 Å². The van der Waals surface area contributed by atoms with Crippen LogP contribution in [-0.4, -0.2) is 27.4 Å². The summed E-state index contributed by atoms with van der Waals surface area (Å²) in [7, 11) is -3.54. The lowest BCUT2D eigenvalue weighted by Crippen LogP contribution is -2.30. The molecular formula is C23H24N2O4S. The van der Waals surface area contributed by atoms with E-state index < -0.39 is 15.7 Å². The normalized spacial score (nSPS) is 14.5. The van der Waals surface area contributed by atoms with Gasteiger partial charge in [-0.3, -0.25) is 4.79 Å². The first-order chi connectivity index (χ1) is 14.5. The number of furan rings is 1. The van der Waals surface area contributed by atoms with Crippen LogP contribution in [-0.2, 0) is 15.6 Å². The molecule has 1 aliphatic heterocycles. The summed E-state index contributed by atoms with van der Waals surface area (Å²) in [5, 5.41) is 2.91. The molecule has 156 valence electrons. The first-order valence-electron chi connectivity index (χ1n) is 10.0. The van der Waals surface area contributed by atoms with E-state index in [9.17, 15) is 13.2 Å². The van der Waals surface area contributed by atoms with Crippen LogP contribution in [0.4, 0.5) is 11.4 Å². The van der Waals surface area contributed by atoms with Crippen molar-refractivity contribution in [2.75, 3.05) is 23.3 Å². The van der Waals surface area contributed by atoms with E-state index in [2.05, 4.69) is 10.2 Å². The van der Waals surface area contributed by atoms with Crippen LogP contribution in [0.25, 0.3) is 0 Å². The quantitative estimate of drug-likeness (QED) is 0.630. The second-order valence-electron chi connectivity index (χ2n) is 7.36. The number of para-hydroxylation sites is 2. The van der Waals surface area contributed by atoms with Gasteiger partial charge in [-0.05, 0) is 55.7 Å². The zero-order valence-electron chi connectivity index (χ0n) is 16.6. The molecule has 0 unspecified atom stereocenters. The van der Waals surface area contributed by atoms with Crippen molar-refractivity contribution in [3.63, 3.8) is 0 Å². The van der Waals surface area contributed by atoms with Gasteiger partial charge in [0.1, 0.15) is 11.5 Å². The molecule has 3 aromatic rings. The second-order valence-corrected chi connectivity index (χ2v) is 9.35. The Bertz CT molecular complexity index is 1120. The van der Waals surface area contributed by atoms with Crippen LogP contribution < -0.4 is 10.2 Å². The molecule has 0 spiro atoms. The van der Waals surface area contributed by atoms with Crippen LogP contribution in [0, 0.1) is 0 Å². The van der Waals surface area contributed by atoms with Gasteiger partial charge < -0.3 is 14.6 Å². The lowest BCUT2D eigenvalue weighted by atomic mass is 10.1. The van der Waals surface area contributed by atoms with Gasteiger partial charge in [-0.2, -0.15) is 0 Å². The number of nitrogens with zero attached hydrogens (tertiary/aromatic N) is 1. The number of anilines is 2. The highest BCUT2D eigenvalue weighted by Crippen LogP contribution is 2.29. The van der Waals surface area contributed by atoms with E-state index in [1.54, 1.807) is 30.3 Å². The molecule has 0 aliphatic carbocycles. The van der Waals surface area contributed by atoms with Gasteiger partial charge in [-0.25, -0.2) is 8.42 Å². The minimum atomic E-state index is -3.54. The maximum atomic E-state index is 12.7. The number of piperidine rings is 1. The Morgan fingerprint density at radius 2 is 1.60 bits per heavy atom. The van der Waals surface area contributed by atoms with Crippen molar-refractivity contribution in [3.05, 3.63) is 78.3 Å². The highest BCUT2D eigenvalue weighted by Gasteiger charge is 2.20. The van der Waals surface area contributed by atoms with E-state index >= 15 is 0 Å². The van der Waals surface area contributed by atoms with Gasteiger partial charge in [0.05, 0.1) is 16.3 Å². The van der Waals surface area contributed by atoms with Gasteiger partial charge in [0, 0.05) is 13.1 Å². The van der Waals surface area contributed by atoms with Crippen molar-refractivity contribution in [3.8, 4) is 0 Å². The van der Waals surface area contributed by atoms with Crippen LogP contribution in [0.5, 0.6) is 0 Å². The Morgan fingerprint density at radius 3 is 2.37 bits per heavy atom. The smallest absolute Gasteiger partial charge is 0.291 e. The number of hydrogen-bond donors (Lipinski definition) is 1. The van der Waals surface area contributed by atoms with Crippen molar-refractivity contribution in [2.45, 2.75) is 29.9 Å². The van der Waals surface area contributed by atoms with Crippen molar-refractivity contribution in [1.29, 1.82) is 0 Å². The van der Waals surface area contributed by atoms with Gasteiger partial charge >= 0.3 is 0 Å². The maximum absolute atomic E-state index is 12.7. The topological polar surface area (TPSA) is 79.6 Å². The molecule has 2 aromatic carbocycles. The molecule has 1 saturated heterocycles. The summed E-state index contributed by atoms with van der Waals surface area (Å²) in [6.45, 7) is 1.93. The third-order valence-corrected chi connectivity index (χ3v) is 6.82. The van der Waals surface area contributed by atoms with Gasteiger partial charge in [0.15, 0.2) is 15.6 Å². The fraction of sp³-hybridized carbons (Fsp3) is 0.261. The number of amides is 1. The van der Waals surface area contributed by atoms with Gasteiger partial charge in [0.2, 0.25) is 0 Å². The number of carbonyl (C=O) groups is 1. The number of nitrogens with one attached hydrogen (secondary N) is 1. The number of carbonyl (C=O) groups excluding carboxylic acids is 1. The third kappa shape index (κ3) is 4.57. The third-order valence-electron chi connectivity index (χ3n) is 5.17. The van der Waals surface area contributed by atoms with E-state index in [1.807, 2.05) is 24.3 Å². The number of hydrogen-bond acceptors (Lipinski definition) is 5. The van der Waals surface area contributed by atoms with Crippen molar-refractivity contribution in [1.82, 2.24) is 0 Å². The largest absolute Gasteiger partial charge is 0.455 e. The van der Waals surface area contributed by atoms with E-state index in [4.69, 9.17) is 4.42 Å². The summed E-state index contributed by atoms with van der Waals surface area (Å²) in [6, 6.07) is 18.9. The van der Waals surface area contributed by atoms with E-state index in [1.165, 1.54) is 18.6 Å². The molecule has 30 heavy (non-hydrogen) atoms. The minimum absolute atomic E-state index is 0.0849. The van der Waals surface area contributed by atoms with E-state index in [-0.39, 0.29) is 22.2 Å². The molecule has 4 rings (SSSR count). The summed E-state index contributed by atoms with van der Waals surface area (Å²) in [5.41, 5.74) is 1.71. The first kappa shape index (κ1) is 20.2. The standard InChI is InChI=1S/C23H24N2O4S/c26-23(24-20-11-5-6-12-21(20)25-15-7-2-8-16-25)22-14-13-18(29-22)17-30(27,28)19-9-3-1-4-10-19/h1,3-6,9-14H,2,7-8,15-17H2,(H,24,26). The van der Waals surface area contributed by atoms with Crippen molar-refractivity contribution >= 4 is 27.1 Å². The molecule has 2 heterocycles. The lowest BCUT2D eigenvalue weighted by Gasteiger charge is -2.30. The Hall–Kier alpha value is -3.06. The summed E-state index contributed by atoms with van der Waals surface area (Å²) >= 11 is 0. The van der Waals surface area contributed by atoms with E-state index in [0.717, 1.165) is 37.3 Å². The number of rotatable bonds is 6. The van der Waals surface area contributed by atoms with Crippen molar-refractivity contribution < 1.29 is 17.6 Å². The van der Waals surface area contributed by atoms with Crippen LogP contribution in [0.1, 0.15) is 35.6 Å². The molecular weight excluding hydrogens is 400 g/mol. The van der Waals surface area contributed by atoms with E-state index in [0.29, 0.717) is 0 Å². The van der Waals surface area contributed by atoms with Crippen molar-refractivity contribution in [2.24, 2.45) is 0 Å². The van der Waals surface area contributed by atoms with Crippen LogP contribution in [0.3, 0.4) is 0 Å². The fourth-order valence-corrected chi connectivity index (χ4v) is 4.92. The average molecular weight is 425 g/mol. The molecule has 0 radical (unpaired) electrons. The Balaban J connectivity index is 1.48. The SMILES string of the molecule is O=C(Nc1ccccc1N1CCCCC1)c1ccc(CS(=O)(=O)c2ccccc2)o1.